The predicted molar refractivity (Wildman–Crippen MR) is 146 cm³/mol. The summed E-state index contributed by atoms with van der Waals surface area (Å²) in [5.41, 5.74) is 4.86. The summed E-state index contributed by atoms with van der Waals surface area (Å²) in [4.78, 5) is 42.9. The van der Waals surface area contributed by atoms with Gasteiger partial charge in [0.2, 0.25) is 17.8 Å². The number of nitrogens with two attached hydrogens (primary N) is 1. The topological polar surface area (TPSA) is 180 Å². The molecule has 0 aliphatic carbocycles. The largest absolute Gasteiger partial charge is 0.368 e. The maximum absolute atomic E-state index is 14.1. The Labute approximate surface area is 239 Å². The number of carbonyl (C=O) groups excluding carboxylic acids is 3. The first-order valence-electron chi connectivity index (χ1n) is 11.7. The van der Waals surface area contributed by atoms with Crippen molar-refractivity contribution in [3.63, 3.8) is 0 Å². The van der Waals surface area contributed by atoms with Crippen LogP contribution in [-0.4, -0.2) is 48.3 Å². The number of nitrogens with one attached hydrogen (secondary N) is 2. The van der Waals surface area contributed by atoms with Gasteiger partial charge in [0.05, 0.1) is 36.1 Å². The van der Waals surface area contributed by atoms with E-state index in [2.05, 4.69) is 15.0 Å². The summed E-state index contributed by atoms with van der Waals surface area (Å²) in [5.74, 6) is -2.10. The maximum atomic E-state index is 14.1. The van der Waals surface area contributed by atoms with Gasteiger partial charge in [-0.3, -0.25) is 19.0 Å². The second-order valence-corrected chi connectivity index (χ2v) is 11.8. The van der Waals surface area contributed by atoms with Crippen molar-refractivity contribution in [1.82, 2.24) is 19.6 Å². The first kappa shape index (κ1) is 29.0. The van der Waals surface area contributed by atoms with Crippen molar-refractivity contribution in [2.45, 2.75) is 36.9 Å². The molecule has 3 aromatic rings. The second-order valence-electron chi connectivity index (χ2n) is 9.29. The van der Waals surface area contributed by atoms with Crippen LogP contribution in [0.15, 0.2) is 53.7 Å². The molecule has 1 aliphatic heterocycles. The maximum Gasteiger partial charge on any atom is 0.260 e. The second kappa shape index (κ2) is 10.9. The van der Waals surface area contributed by atoms with Gasteiger partial charge in [0.15, 0.2) is 5.03 Å². The van der Waals surface area contributed by atoms with Gasteiger partial charge in [0.25, 0.3) is 15.9 Å². The lowest BCUT2D eigenvalue weighted by Gasteiger charge is -2.27. The van der Waals surface area contributed by atoms with E-state index in [0.29, 0.717) is 11.1 Å². The molecule has 2 aromatic carbocycles. The summed E-state index contributed by atoms with van der Waals surface area (Å²) in [6, 6.07) is 11.7. The fraction of sp³-hybridized carbons (Fsp3) is 0.240. The number of sulfonamides is 1. The van der Waals surface area contributed by atoms with Gasteiger partial charge in [-0.15, -0.1) is 0 Å². The lowest BCUT2D eigenvalue weighted by atomic mass is 9.91. The van der Waals surface area contributed by atoms with E-state index in [1.165, 1.54) is 34.6 Å². The van der Waals surface area contributed by atoms with E-state index in [1.54, 1.807) is 31.2 Å². The zero-order chi connectivity index (χ0) is 29.4. The Morgan fingerprint density at radius 2 is 1.80 bits per heavy atom. The van der Waals surface area contributed by atoms with Gasteiger partial charge in [0.1, 0.15) is 5.54 Å². The molecular formula is C25H23Cl2N7O5S. The van der Waals surface area contributed by atoms with Crippen molar-refractivity contribution in [3.05, 3.63) is 69.8 Å². The molecule has 0 saturated carbocycles. The van der Waals surface area contributed by atoms with Crippen molar-refractivity contribution in [1.29, 1.82) is 5.26 Å². The number of fused-ring (bicyclic) bond motifs is 1. The number of hydrogen-bond acceptors (Lipinski definition) is 7. The number of amides is 3. The average molecular weight is 604 g/mol. The normalized spacial score (nSPS) is 17.3. The third-order valence-electron chi connectivity index (χ3n) is 6.24. The van der Waals surface area contributed by atoms with Crippen molar-refractivity contribution in [2.75, 3.05) is 11.4 Å². The number of primary amides is 1. The summed E-state index contributed by atoms with van der Waals surface area (Å²) in [5, 5.41) is 11.5. The number of imidazole rings is 1. The molecule has 2 unspecified atom stereocenters. The molecule has 2 atom stereocenters. The first-order chi connectivity index (χ1) is 18.8. The van der Waals surface area contributed by atoms with E-state index in [1.807, 2.05) is 6.07 Å². The molecule has 0 bridgehead atoms. The molecule has 4 rings (SSSR count). The van der Waals surface area contributed by atoms with E-state index in [4.69, 9.17) is 34.2 Å². The van der Waals surface area contributed by atoms with Gasteiger partial charge in [0, 0.05) is 16.5 Å². The highest BCUT2D eigenvalue weighted by Gasteiger charge is 2.52. The number of anilines is 2. The number of benzene rings is 2. The van der Waals surface area contributed by atoms with Crippen molar-refractivity contribution < 1.29 is 22.8 Å². The van der Waals surface area contributed by atoms with Crippen LogP contribution in [0.4, 0.5) is 11.6 Å². The van der Waals surface area contributed by atoms with Gasteiger partial charge in [-0.1, -0.05) is 35.3 Å². The Morgan fingerprint density at radius 3 is 2.38 bits per heavy atom. The zero-order valence-corrected chi connectivity index (χ0v) is 23.5. The van der Waals surface area contributed by atoms with Gasteiger partial charge < -0.3 is 11.1 Å². The highest BCUT2D eigenvalue weighted by molar-refractivity contribution is 7.89. The van der Waals surface area contributed by atoms with Crippen LogP contribution in [0.3, 0.4) is 0 Å². The van der Waals surface area contributed by atoms with Gasteiger partial charge in [-0.2, -0.15) is 9.98 Å². The monoisotopic (exact) mass is 603 g/mol. The number of nitriles is 1. The van der Waals surface area contributed by atoms with Crippen molar-refractivity contribution in [2.24, 2.45) is 5.73 Å². The van der Waals surface area contributed by atoms with Crippen LogP contribution in [0.5, 0.6) is 0 Å². The average Bonchev–Trinajstić information content (AvgIpc) is 3.40. The molecule has 2 heterocycles. The fourth-order valence-corrected chi connectivity index (χ4v) is 6.31. The molecule has 3 amide bonds. The smallest absolute Gasteiger partial charge is 0.260 e. The molecule has 1 aromatic heterocycles. The lowest BCUT2D eigenvalue weighted by Crippen LogP contribution is -2.48. The Hall–Kier alpha value is -3.96. The summed E-state index contributed by atoms with van der Waals surface area (Å²) in [7, 11) is -4.45. The molecule has 208 valence electrons. The van der Waals surface area contributed by atoms with E-state index in [-0.39, 0.29) is 33.1 Å². The molecule has 40 heavy (non-hydrogen) atoms. The van der Waals surface area contributed by atoms with E-state index in [0.717, 1.165) is 6.20 Å². The predicted octanol–water partition coefficient (Wildman–Crippen LogP) is 1.97. The van der Waals surface area contributed by atoms with Crippen molar-refractivity contribution >= 4 is 62.6 Å². The molecule has 0 fully saturated rings. The van der Waals surface area contributed by atoms with Gasteiger partial charge in [-0.05, 0) is 49.7 Å². The Kier molecular flexibility index (Phi) is 7.91. The summed E-state index contributed by atoms with van der Waals surface area (Å²) >= 11 is 12.4. The van der Waals surface area contributed by atoms with Crippen LogP contribution in [0.2, 0.25) is 10.0 Å². The van der Waals surface area contributed by atoms with Crippen LogP contribution in [0, 0.1) is 11.3 Å². The van der Waals surface area contributed by atoms with E-state index >= 15 is 0 Å². The number of halogens is 2. The fourth-order valence-electron chi connectivity index (χ4n) is 4.39. The number of rotatable bonds is 9. The lowest BCUT2D eigenvalue weighted by molar-refractivity contribution is -0.125. The Balaban J connectivity index is 1.81. The summed E-state index contributed by atoms with van der Waals surface area (Å²) < 4.78 is 30.6. The third-order valence-corrected chi connectivity index (χ3v) is 8.18. The number of hydrogen-bond donors (Lipinski definition) is 3. The third kappa shape index (κ3) is 5.52. The van der Waals surface area contributed by atoms with Crippen LogP contribution >= 0.6 is 23.2 Å². The van der Waals surface area contributed by atoms with E-state index in [9.17, 15) is 22.8 Å². The SMILES string of the molecule is CC(NS(=O)(=O)c1cnc2n1C(C)(Cc1ccc(C#N)cc1)C(=O)N2c1cc(Cl)cc(Cl)c1)C(=O)NCC(N)=O. The molecule has 1 aliphatic rings. The van der Waals surface area contributed by atoms with Crippen LogP contribution in [0.25, 0.3) is 0 Å². The summed E-state index contributed by atoms with van der Waals surface area (Å²) in [6.45, 7) is 2.38. The number of aromatic nitrogens is 2. The highest BCUT2D eigenvalue weighted by atomic mass is 35.5. The Bertz CT molecular complexity index is 1650. The minimum Gasteiger partial charge on any atom is -0.368 e. The van der Waals surface area contributed by atoms with Crippen LogP contribution in [-0.2, 0) is 36.4 Å². The molecule has 0 radical (unpaired) electrons. The van der Waals surface area contributed by atoms with Crippen LogP contribution < -0.4 is 20.7 Å². The molecule has 0 saturated heterocycles. The standard InChI is InChI=1S/C25H23Cl2N7O5S/c1-14(22(36)30-12-20(29)35)32-40(38,39)21-13-31-24-33(19-8-17(26)7-18(27)9-19)23(37)25(2,34(21)24)10-15-3-5-16(11-28)6-4-15/h3-9,13-14,32H,10,12H2,1-2H3,(H2,29,35)(H,30,36). The molecule has 0 spiro atoms. The Morgan fingerprint density at radius 1 is 1.18 bits per heavy atom. The quantitative estimate of drug-likeness (QED) is 0.334. The van der Waals surface area contributed by atoms with Gasteiger partial charge >= 0.3 is 0 Å². The molecule has 15 heteroatoms. The first-order valence-corrected chi connectivity index (χ1v) is 14.0. The molecular weight excluding hydrogens is 581 g/mol. The van der Waals surface area contributed by atoms with Crippen LogP contribution in [0.1, 0.15) is 25.0 Å². The number of carbonyl (C=O) groups is 3. The minimum absolute atomic E-state index is 0.00862. The van der Waals surface area contributed by atoms with E-state index < -0.39 is 45.9 Å². The highest BCUT2D eigenvalue weighted by Crippen LogP contribution is 2.44. The zero-order valence-electron chi connectivity index (χ0n) is 21.2. The minimum atomic E-state index is -4.45. The van der Waals surface area contributed by atoms with Gasteiger partial charge in [-0.25, -0.2) is 18.3 Å². The summed E-state index contributed by atoms with van der Waals surface area (Å²) in [6.07, 6.45) is 1.11. The number of nitrogens with zero attached hydrogens (tertiary/aromatic N) is 4. The molecule has 12 nitrogen and oxygen atoms in total. The van der Waals surface area contributed by atoms with Crippen molar-refractivity contribution in [3.8, 4) is 6.07 Å². The molecule has 4 N–H and O–H groups in total.